The summed E-state index contributed by atoms with van der Waals surface area (Å²) in [5.41, 5.74) is 39.4. The largest absolute Gasteiger partial charge is 0.457 e. The van der Waals surface area contributed by atoms with Gasteiger partial charge in [0.15, 0.2) is 0 Å². The molecular formula is C110H78N2O. The van der Waals surface area contributed by atoms with Gasteiger partial charge in [0.2, 0.25) is 0 Å². The summed E-state index contributed by atoms with van der Waals surface area (Å²) in [5, 5.41) is 0. The summed E-state index contributed by atoms with van der Waals surface area (Å²) in [6.45, 7) is 9.58. The molecular weight excluding hydrogens is 1370 g/mol. The normalized spacial score (nSPS) is 15.2. The van der Waals surface area contributed by atoms with Crippen LogP contribution < -0.4 is 14.5 Å². The molecule has 5 aliphatic rings. The van der Waals surface area contributed by atoms with E-state index in [0.717, 1.165) is 62.3 Å². The van der Waals surface area contributed by atoms with Gasteiger partial charge in [0.1, 0.15) is 11.5 Å². The van der Waals surface area contributed by atoms with E-state index in [9.17, 15) is 0 Å². The maximum atomic E-state index is 7.18. The van der Waals surface area contributed by atoms with Crippen LogP contribution >= 0.6 is 0 Å². The highest BCUT2D eigenvalue weighted by atomic mass is 16.5. The summed E-state index contributed by atoms with van der Waals surface area (Å²) in [7, 11) is 0. The van der Waals surface area contributed by atoms with Gasteiger partial charge in [0, 0.05) is 62.1 Å². The van der Waals surface area contributed by atoms with Crippen molar-refractivity contribution in [1.82, 2.24) is 0 Å². The van der Waals surface area contributed by atoms with Crippen molar-refractivity contribution < 1.29 is 4.74 Å². The van der Waals surface area contributed by atoms with Crippen LogP contribution in [0.4, 0.5) is 34.1 Å². The quantitative estimate of drug-likeness (QED) is 0.121. The molecule has 1 aliphatic heterocycles. The molecule has 3 heteroatoms. The fourth-order valence-electron chi connectivity index (χ4n) is 20.4. The first-order valence-corrected chi connectivity index (χ1v) is 39.6. The molecule has 1 atom stereocenters. The Bertz CT molecular complexity index is 6660. The maximum absolute atomic E-state index is 7.18. The Kier molecular flexibility index (Phi) is 14.8. The lowest BCUT2D eigenvalue weighted by Crippen LogP contribution is -2.32. The lowest BCUT2D eigenvalue weighted by atomic mass is 9.66. The monoisotopic (exact) mass is 1440 g/mol. The van der Waals surface area contributed by atoms with Crippen molar-refractivity contribution in [2.24, 2.45) is 0 Å². The molecule has 3 nitrogen and oxygen atoms in total. The molecule has 17 aromatic carbocycles. The molecule has 0 bridgehead atoms. The lowest BCUT2D eigenvalue weighted by molar-refractivity contribution is 0.436. The minimum Gasteiger partial charge on any atom is -0.457 e. The molecule has 0 amide bonds. The summed E-state index contributed by atoms with van der Waals surface area (Å²) in [5.74, 6) is 1.72. The fraction of sp³-hybridized carbons (Fsp3) is 0.0727. The smallest absolute Gasteiger partial charge is 0.134 e. The summed E-state index contributed by atoms with van der Waals surface area (Å²) >= 11 is 0. The molecule has 0 fully saturated rings. The van der Waals surface area contributed by atoms with Gasteiger partial charge in [-0.25, -0.2) is 0 Å². The number of hydrogen-bond donors (Lipinski definition) is 0. The van der Waals surface area contributed by atoms with Crippen LogP contribution in [0.3, 0.4) is 0 Å². The minimum atomic E-state index is -0.669. The SMILES string of the molecule is CC1(C)c2ccccc2-c2ccc(N(c3ccc(-c4ccccc4)cc3)c3cccc(-c4cccc5c4-c4ccccc4C5(c4ccccc4)c4cccc(-c5ccc6c(c5)C(C)(C)c5cc(N(c7ccc(-c8ccccc8)cc7)c7ccc8c(c7)Oc7ccccc7C87c8ccccc8-c8ccccc87)ccc5-6)c4)c3)cc21. The molecule has 1 heterocycles. The summed E-state index contributed by atoms with van der Waals surface area (Å²) < 4.78 is 7.18. The topological polar surface area (TPSA) is 15.7 Å². The molecule has 1 spiro atoms. The molecule has 4 aliphatic carbocycles. The van der Waals surface area contributed by atoms with E-state index in [1.54, 1.807) is 0 Å². The molecule has 0 aromatic heterocycles. The first-order chi connectivity index (χ1) is 55.5. The van der Waals surface area contributed by atoms with Crippen LogP contribution in [0.1, 0.15) is 94.5 Å². The zero-order chi connectivity index (χ0) is 75.3. The number of anilines is 6. The van der Waals surface area contributed by atoms with E-state index >= 15 is 0 Å². The van der Waals surface area contributed by atoms with Crippen molar-refractivity contribution in [2.45, 2.75) is 49.4 Å². The Hall–Kier alpha value is -13.9. The van der Waals surface area contributed by atoms with E-state index in [2.05, 4.69) is 438 Å². The van der Waals surface area contributed by atoms with Crippen LogP contribution in [0, 0.1) is 0 Å². The Labute approximate surface area is 661 Å². The van der Waals surface area contributed by atoms with Gasteiger partial charge in [-0.15, -0.1) is 0 Å². The van der Waals surface area contributed by atoms with Gasteiger partial charge in [-0.2, -0.15) is 0 Å². The first kappa shape index (κ1) is 66.2. The first-order valence-electron chi connectivity index (χ1n) is 39.6. The predicted octanol–water partition coefficient (Wildman–Crippen LogP) is 28.7. The van der Waals surface area contributed by atoms with Crippen LogP contribution in [-0.2, 0) is 21.7 Å². The Morgan fingerprint density at radius 1 is 0.186 bits per heavy atom. The third kappa shape index (κ3) is 9.87. The van der Waals surface area contributed by atoms with Crippen molar-refractivity contribution in [3.8, 4) is 101 Å². The molecule has 0 saturated carbocycles. The van der Waals surface area contributed by atoms with Gasteiger partial charge >= 0.3 is 0 Å². The van der Waals surface area contributed by atoms with Gasteiger partial charge in [-0.3, -0.25) is 0 Å². The highest BCUT2D eigenvalue weighted by molar-refractivity contribution is 5.98. The van der Waals surface area contributed by atoms with Crippen LogP contribution in [0.25, 0.3) is 89.0 Å². The summed E-state index contributed by atoms with van der Waals surface area (Å²) in [6, 6.07) is 150. The number of nitrogens with zero attached hydrogens (tertiary/aromatic N) is 2. The lowest BCUT2D eigenvalue weighted by Gasteiger charge is -2.40. The summed E-state index contributed by atoms with van der Waals surface area (Å²) in [4.78, 5) is 4.89. The minimum absolute atomic E-state index is 0.171. The predicted molar refractivity (Wildman–Crippen MR) is 467 cm³/mol. The Balaban J connectivity index is 0.641. The standard InChI is InChI=1S/C110H78N2O/c1-107(2)94-42-18-14-37-87(94)91-62-58-83(68-102(91)107)111(80-54-49-73(50-55-80)71-27-8-5-9-28-71)82-36-25-32-77(66-82)86-41-26-47-100-106(86)93-40-17-21-45-97(93)109(100,78-33-12-7-13-34-78)79-35-24-31-75(65-79)76-53-61-90-92-63-59-84(69-103(92)108(3,4)101(90)67-76)112(81-56-51-74(52-57-81)72-29-10-6-11-30-72)85-60-64-99-105(70-85)113-104-48-23-22-46-98(104)110(99)95-43-19-15-38-88(95)89-39-16-20-44-96(89)110/h5-70H,1-4H3. The molecule has 17 aromatic rings. The highest BCUT2D eigenvalue weighted by Crippen LogP contribution is 2.64. The van der Waals surface area contributed by atoms with Crippen molar-refractivity contribution in [1.29, 1.82) is 0 Å². The maximum Gasteiger partial charge on any atom is 0.134 e. The van der Waals surface area contributed by atoms with Gasteiger partial charge < -0.3 is 14.5 Å². The van der Waals surface area contributed by atoms with E-state index in [4.69, 9.17) is 4.74 Å². The second-order valence-corrected chi connectivity index (χ2v) is 32.2. The van der Waals surface area contributed by atoms with E-state index in [-0.39, 0.29) is 10.8 Å². The van der Waals surface area contributed by atoms with E-state index < -0.39 is 10.8 Å². The average Bonchev–Trinajstić information content (AvgIpc) is 1.55. The van der Waals surface area contributed by atoms with E-state index in [1.165, 1.54) is 139 Å². The average molecular weight is 1440 g/mol. The third-order valence-corrected chi connectivity index (χ3v) is 25.6. The number of para-hydroxylation sites is 1. The van der Waals surface area contributed by atoms with Crippen LogP contribution in [-0.4, -0.2) is 0 Å². The second kappa shape index (κ2) is 25.3. The van der Waals surface area contributed by atoms with Gasteiger partial charge in [-0.05, 0) is 230 Å². The number of benzene rings is 17. The third-order valence-electron chi connectivity index (χ3n) is 25.6. The summed E-state index contributed by atoms with van der Waals surface area (Å²) in [6.07, 6.45) is 0. The molecule has 0 N–H and O–H groups in total. The van der Waals surface area contributed by atoms with Crippen LogP contribution in [0.5, 0.6) is 11.5 Å². The van der Waals surface area contributed by atoms with Gasteiger partial charge in [0.05, 0.1) is 10.8 Å². The zero-order valence-electron chi connectivity index (χ0n) is 63.4. The Morgan fingerprint density at radius 2 is 0.549 bits per heavy atom. The number of rotatable bonds is 12. The van der Waals surface area contributed by atoms with E-state index in [1.807, 2.05) is 0 Å². The zero-order valence-corrected chi connectivity index (χ0v) is 63.4. The molecule has 1 unspecified atom stereocenters. The number of ether oxygens (including phenoxy) is 1. The van der Waals surface area contributed by atoms with Gasteiger partial charge in [-0.1, -0.05) is 337 Å². The molecule has 22 rings (SSSR count). The second-order valence-electron chi connectivity index (χ2n) is 32.2. The van der Waals surface area contributed by atoms with Crippen molar-refractivity contribution >= 4 is 34.1 Å². The molecule has 0 saturated heterocycles. The molecule has 534 valence electrons. The number of fused-ring (bicyclic) bond motifs is 18. The van der Waals surface area contributed by atoms with Gasteiger partial charge in [0.25, 0.3) is 0 Å². The Morgan fingerprint density at radius 3 is 1.16 bits per heavy atom. The van der Waals surface area contributed by atoms with E-state index in [0.29, 0.717) is 0 Å². The number of hydrogen-bond acceptors (Lipinski definition) is 3. The van der Waals surface area contributed by atoms with Crippen LogP contribution in [0.2, 0.25) is 0 Å². The van der Waals surface area contributed by atoms with Crippen molar-refractivity contribution in [3.63, 3.8) is 0 Å². The highest BCUT2D eigenvalue weighted by Gasteiger charge is 2.52. The van der Waals surface area contributed by atoms with Crippen molar-refractivity contribution in [3.05, 3.63) is 467 Å². The molecule has 0 radical (unpaired) electrons. The van der Waals surface area contributed by atoms with Crippen LogP contribution in [0.15, 0.2) is 400 Å². The molecule has 113 heavy (non-hydrogen) atoms. The van der Waals surface area contributed by atoms with Crippen molar-refractivity contribution in [2.75, 3.05) is 9.80 Å². The fourth-order valence-corrected chi connectivity index (χ4v) is 20.4.